The first kappa shape index (κ1) is 27.8. The van der Waals surface area contributed by atoms with Crippen molar-refractivity contribution < 1.29 is 14.0 Å². The van der Waals surface area contributed by atoms with E-state index in [2.05, 4.69) is 5.32 Å². The number of nitrogens with zero attached hydrogens (tertiary/aromatic N) is 1. The van der Waals surface area contributed by atoms with E-state index in [0.29, 0.717) is 22.8 Å². The van der Waals surface area contributed by atoms with E-state index in [1.54, 1.807) is 29.2 Å². The third kappa shape index (κ3) is 8.10. The van der Waals surface area contributed by atoms with Gasteiger partial charge in [0.1, 0.15) is 11.9 Å². The Bertz CT molecular complexity index is 1140. The number of carbonyl (C=O) groups excluding carboxylic acids is 2. The van der Waals surface area contributed by atoms with Crippen LogP contribution in [0.4, 0.5) is 4.39 Å². The molecule has 0 radical (unpaired) electrons. The van der Waals surface area contributed by atoms with Crippen molar-refractivity contribution in [3.05, 3.63) is 106 Å². The van der Waals surface area contributed by atoms with Crippen LogP contribution in [0.25, 0.3) is 0 Å². The lowest BCUT2D eigenvalue weighted by molar-refractivity contribution is -0.139. The van der Waals surface area contributed by atoms with E-state index in [0.717, 1.165) is 17.5 Å². The van der Waals surface area contributed by atoms with Crippen LogP contribution in [0, 0.1) is 5.82 Å². The minimum Gasteiger partial charge on any atom is -0.352 e. The van der Waals surface area contributed by atoms with Crippen LogP contribution in [-0.2, 0) is 28.3 Å². The number of amides is 2. The quantitative estimate of drug-likeness (QED) is 0.303. The van der Waals surface area contributed by atoms with Crippen molar-refractivity contribution in [3.8, 4) is 0 Å². The summed E-state index contributed by atoms with van der Waals surface area (Å²) >= 11 is 7.77. The van der Waals surface area contributed by atoms with Crippen molar-refractivity contribution in [1.29, 1.82) is 0 Å². The molecule has 7 heteroatoms. The van der Waals surface area contributed by atoms with Gasteiger partial charge < -0.3 is 10.2 Å². The number of thioether (sulfide) groups is 1. The molecule has 0 saturated heterocycles. The molecule has 0 aromatic heterocycles. The number of rotatable bonds is 12. The van der Waals surface area contributed by atoms with E-state index in [1.165, 1.54) is 17.8 Å². The molecular weight excluding hydrogens is 495 g/mol. The van der Waals surface area contributed by atoms with E-state index in [-0.39, 0.29) is 36.0 Å². The van der Waals surface area contributed by atoms with Gasteiger partial charge in [-0.1, -0.05) is 85.3 Å². The number of hydrogen-bond acceptors (Lipinski definition) is 3. The Morgan fingerprint density at radius 3 is 2.28 bits per heavy atom. The van der Waals surface area contributed by atoms with Crippen molar-refractivity contribution in [2.24, 2.45) is 0 Å². The van der Waals surface area contributed by atoms with Gasteiger partial charge in [0.2, 0.25) is 11.8 Å². The molecule has 1 N–H and O–H groups in total. The molecule has 3 aromatic carbocycles. The van der Waals surface area contributed by atoms with Gasteiger partial charge in [-0.25, -0.2) is 4.39 Å². The van der Waals surface area contributed by atoms with Gasteiger partial charge in [-0.05, 0) is 42.2 Å². The fraction of sp³-hybridized carbons (Fsp3) is 0.310. The summed E-state index contributed by atoms with van der Waals surface area (Å²) in [7, 11) is 0. The molecule has 0 aliphatic heterocycles. The van der Waals surface area contributed by atoms with Gasteiger partial charge in [0.15, 0.2) is 0 Å². The molecule has 0 heterocycles. The fourth-order valence-electron chi connectivity index (χ4n) is 3.75. The Morgan fingerprint density at radius 1 is 0.972 bits per heavy atom. The van der Waals surface area contributed by atoms with Crippen molar-refractivity contribution in [2.75, 3.05) is 5.75 Å². The Morgan fingerprint density at radius 2 is 1.61 bits per heavy atom. The zero-order valence-electron chi connectivity index (χ0n) is 20.6. The third-order valence-electron chi connectivity index (χ3n) is 6.01. The lowest BCUT2D eigenvalue weighted by Gasteiger charge is -2.32. The van der Waals surface area contributed by atoms with Crippen LogP contribution in [0.3, 0.4) is 0 Å². The maximum absolute atomic E-state index is 14.1. The standard InChI is InChI=1S/C29H32ClFN2O2S/c1-3-21(2)32-29(35)27(17-22-11-5-4-6-12-22)33(18-23-13-7-9-15-25(23)30)28(34)20-36-19-24-14-8-10-16-26(24)31/h4-16,21,27H,3,17-20H2,1-2H3,(H,32,35)/t21-,27-/m0/s1. The van der Waals surface area contributed by atoms with Crippen LogP contribution in [0.15, 0.2) is 78.9 Å². The predicted molar refractivity (Wildman–Crippen MR) is 146 cm³/mol. The molecule has 3 rings (SSSR count). The van der Waals surface area contributed by atoms with Gasteiger partial charge in [0.05, 0.1) is 5.75 Å². The monoisotopic (exact) mass is 526 g/mol. The molecule has 36 heavy (non-hydrogen) atoms. The first-order valence-corrected chi connectivity index (χ1v) is 13.6. The van der Waals surface area contributed by atoms with Gasteiger partial charge in [-0.15, -0.1) is 11.8 Å². The van der Waals surface area contributed by atoms with Crippen molar-refractivity contribution >= 4 is 35.2 Å². The number of nitrogens with one attached hydrogen (secondary N) is 1. The molecule has 0 aliphatic carbocycles. The van der Waals surface area contributed by atoms with Crippen molar-refractivity contribution in [1.82, 2.24) is 10.2 Å². The van der Waals surface area contributed by atoms with E-state index in [1.807, 2.05) is 62.4 Å². The molecular formula is C29H32ClFN2O2S. The highest BCUT2D eigenvalue weighted by Crippen LogP contribution is 2.22. The predicted octanol–water partition coefficient (Wildman–Crippen LogP) is 6.27. The Hall–Kier alpha value is -2.83. The van der Waals surface area contributed by atoms with Crippen LogP contribution in [0.2, 0.25) is 5.02 Å². The summed E-state index contributed by atoms with van der Waals surface area (Å²) in [5.74, 6) is -0.217. The number of halogens is 2. The summed E-state index contributed by atoms with van der Waals surface area (Å²) in [5.41, 5.74) is 2.27. The molecule has 0 unspecified atom stereocenters. The maximum Gasteiger partial charge on any atom is 0.243 e. The SMILES string of the molecule is CC[C@H](C)NC(=O)[C@H](Cc1ccccc1)N(Cc1ccccc1Cl)C(=O)CSCc1ccccc1F. The smallest absolute Gasteiger partial charge is 0.243 e. The van der Waals surface area contributed by atoms with Crippen LogP contribution >= 0.6 is 23.4 Å². The highest BCUT2D eigenvalue weighted by atomic mass is 35.5. The van der Waals surface area contributed by atoms with E-state index in [9.17, 15) is 14.0 Å². The second kappa shape index (κ2) is 14.0. The molecule has 0 saturated carbocycles. The summed E-state index contributed by atoms with van der Waals surface area (Å²) in [6, 6.07) is 22.8. The van der Waals surface area contributed by atoms with Crippen molar-refractivity contribution in [3.63, 3.8) is 0 Å². The summed E-state index contributed by atoms with van der Waals surface area (Å²) in [6.45, 7) is 4.15. The van der Waals surface area contributed by atoms with Gasteiger partial charge in [0.25, 0.3) is 0 Å². The third-order valence-corrected chi connectivity index (χ3v) is 7.35. The van der Waals surface area contributed by atoms with E-state index in [4.69, 9.17) is 11.6 Å². The minimum absolute atomic E-state index is 0.0246. The first-order chi connectivity index (χ1) is 17.4. The van der Waals surface area contributed by atoms with E-state index < -0.39 is 6.04 Å². The molecule has 0 fully saturated rings. The normalized spacial score (nSPS) is 12.6. The van der Waals surface area contributed by atoms with Crippen LogP contribution in [-0.4, -0.2) is 34.6 Å². The molecule has 0 aliphatic rings. The highest BCUT2D eigenvalue weighted by molar-refractivity contribution is 7.99. The van der Waals surface area contributed by atoms with Gasteiger partial charge in [0, 0.05) is 29.8 Å². The maximum atomic E-state index is 14.1. The van der Waals surface area contributed by atoms with Gasteiger partial charge >= 0.3 is 0 Å². The van der Waals surface area contributed by atoms with Crippen LogP contribution < -0.4 is 5.32 Å². The Balaban J connectivity index is 1.87. The van der Waals surface area contributed by atoms with Gasteiger partial charge in [-0.2, -0.15) is 0 Å². The van der Waals surface area contributed by atoms with Crippen LogP contribution in [0.5, 0.6) is 0 Å². The lowest BCUT2D eigenvalue weighted by Crippen LogP contribution is -2.52. The lowest BCUT2D eigenvalue weighted by atomic mass is 10.0. The zero-order valence-corrected chi connectivity index (χ0v) is 22.2. The Kier molecular flexibility index (Phi) is 10.8. The fourth-order valence-corrected chi connectivity index (χ4v) is 4.84. The molecule has 2 atom stereocenters. The molecule has 0 bridgehead atoms. The molecule has 190 valence electrons. The summed E-state index contributed by atoms with van der Waals surface area (Å²) < 4.78 is 14.1. The molecule has 2 amide bonds. The Labute approximate surface area is 222 Å². The van der Waals surface area contributed by atoms with Crippen molar-refractivity contribution in [2.45, 2.75) is 51.1 Å². The highest BCUT2D eigenvalue weighted by Gasteiger charge is 2.31. The largest absolute Gasteiger partial charge is 0.352 e. The molecule has 3 aromatic rings. The number of carbonyl (C=O) groups is 2. The minimum atomic E-state index is -0.723. The second-order valence-corrected chi connectivity index (χ2v) is 10.1. The van der Waals surface area contributed by atoms with E-state index >= 15 is 0 Å². The number of hydrogen-bond donors (Lipinski definition) is 1. The summed E-state index contributed by atoms with van der Waals surface area (Å²) in [4.78, 5) is 28.7. The van der Waals surface area contributed by atoms with Crippen LogP contribution in [0.1, 0.15) is 37.0 Å². The average Bonchev–Trinajstić information content (AvgIpc) is 2.88. The topological polar surface area (TPSA) is 49.4 Å². The molecule has 0 spiro atoms. The van der Waals surface area contributed by atoms with Gasteiger partial charge in [-0.3, -0.25) is 9.59 Å². The average molecular weight is 527 g/mol. The number of benzene rings is 3. The first-order valence-electron chi connectivity index (χ1n) is 12.1. The second-order valence-electron chi connectivity index (χ2n) is 8.72. The summed E-state index contributed by atoms with van der Waals surface area (Å²) in [6.07, 6.45) is 1.15. The molecule has 4 nitrogen and oxygen atoms in total. The summed E-state index contributed by atoms with van der Waals surface area (Å²) in [5, 5.41) is 3.59. The zero-order chi connectivity index (χ0) is 25.9.